The molecule has 0 amide bonds. The van der Waals surface area contributed by atoms with Crippen LogP contribution in [0, 0.1) is 5.82 Å². The van der Waals surface area contributed by atoms with Gasteiger partial charge in [-0.25, -0.2) is 9.38 Å². The molecule has 0 aliphatic heterocycles. The number of aliphatic imine (C=N–C) groups is 1. The van der Waals surface area contributed by atoms with E-state index in [1.807, 2.05) is 13.8 Å². The molecule has 22 heavy (non-hydrogen) atoms. The Labute approximate surface area is 148 Å². The SMILES string of the molecule is CCNC(=NCCOc1cccc(F)c1)NC(C)COC.I. The maximum absolute atomic E-state index is 13.0. The molecular formula is C15H25FIN3O2. The van der Waals surface area contributed by atoms with Gasteiger partial charge in [-0.15, -0.1) is 24.0 Å². The third-order valence-corrected chi connectivity index (χ3v) is 2.57. The lowest BCUT2D eigenvalue weighted by Gasteiger charge is -2.17. The number of hydrogen-bond acceptors (Lipinski definition) is 3. The van der Waals surface area contributed by atoms with Crippen LogP contribution in [0.5, 0.6) is 5.75 Å². The maximum Gasteiger partial charge on any atom is 0.191 e. The van der Waals surface area contributed by atoms with Gasteiger partial charge in [0.05, 0.1) is 13.2 Å². The minimum Gasteiger partial charge on any atom is -0.492 e. The normalized spacial score (nSPS) is 12.3. The average molecular weight is 425 g/mol. The molecule has 1 aromatic carbocycles. The summed E-state index contributed by atoms with van der Waals surface area (Å²) < 4.78 is 23.5. The van der Waals surface area contributed by atoms with Gasteiger partial charge < -0.3 is 20.1 Å². The van der Waals surface area contributed by atoms with Crippen molar-refractivity contribution in [1.82, 2.24) is 10.6 Å². The van der Waals surface area contributed by atoms with Crippen molar-refractivity contribution in [3.05, 3.63) is 30.1 Å². The van der Waals surface area contributed by atoms with Gasteiger partial charge in [-0.05, 0) is 26.0 Å². The molecule has 0 aromatic heterocycles. The molecule has 0 fully saturated rings. The highest BCUT2D eigenvalue weighted by Gasteiger charge is 2.04. The number of hydrogen-bond donors (Lipinski definition) is 2. The van der Waals surface area contributed by atoms with Crippen LogP contribution in [-0.4, -0.2) is 45.4 Å². The lowest BCUT2D eigenvalue weighted by atomic mass is 10.3. The van der Waals surface area contributed by atoms with E-state index in [0.717, 1.165) is 6.54 Å². The van der Waals surface area contributed by atoms with Crippen LogP contribution >= 0.6 is 24.0 Å². The van der Waals surface area contributed by atoms with Gasteiger partial charge >= 0.3 is 0 Å². The van der Waals surface area contributed by atoms with Crippen LogP contribution in [0.3, 0.4) is 0 Å². The third-order valence-electron chi connectivity index (χ3n) is 2.57. The van der Waals surface area contributed by atoms with E-state index >= 15 is 0 Å². The molecule has 1 aromatic rings. The van der Waals surface area contributed by atoms with Crippen molar-refractivity contribution in [1.29, 1.82) is 0 Å². The number of rotatable bonds is 8. The number of benzene rings is 1. The lowest BCUT2D eigenvalue weighted by molar-refractivity contribution is 0.179. The molecule has 0 spiro atoms. The minimum atomic E-state index is -0.306. The van der Waals surface area contributed by atoms with E-state index in [1.54, 1.807) is 19.2 Å². The van der Waals surface area contributed by atoms with Crippen LogP contribution in [-0.2, 0) is 4.74 Å². The van der Waals surface area contributed by atoms with Crippen molar-refractivity contribution >= 4 is 29.9 Å². The second kappa shape index (κ2) is 12.5. The first kappa shape index (κ1) is 20.9. The molecule has 1 rings (SSSR count). The number of guanidine groups is 1. The van der Waals surface area contributed by atoms with Gasteiger partial charge in [0.25, 0.3) is 0 Å². The molecule has 0 radical (unpaired) electrons. The Morgan fingerprint density at radius 2 is 2.18 bits per heavy atom. The Bertz CT molecular complexity index is 447. The quantitative estimate of drug-likeness (QED) is 0.291. The van der Waals surface area contributed by atoms with Gasteiger partial charge in [0.15, 0.2) is 5.96 Å². The summed E-state index contributed by atoms with van der Waals surface area (Å²) in [4.78, 5) is 4.39. The highest BCUT2D eigenvalue weighted by atomic mass is 127. The zero-order valence-electron chi connectivity index (χ0n) is 13.3. The first-order chi connectivity index (χ1) is 10.2. The van der Waals surface area contributed by atoms with Gasteiger partial charge in [-0.2, -0.15) is 0 Å². The third kappa shape index (κ3) is 9.04. The highest BCUT2D eigenvalue weighted by Crippen LogP contribution is 2.11. The predicted octanol–water partition coefficient (Wildman–Crippen LogP) is 2.41. The molecule has 0 saturated heterocycles. The summed E-state index contributed by atoms with van der Waals surface area (Å²) in [6.07, 6.45) is 0. The molecule has 126 valence electrons. The Morgan fingerprint density at radius 3 is 2.82 bits per heavy atom. The molecule has 0 aliphatic carbocycles. The maximum atomic E-state index is 13.0. The van der Waals surface area contributed by atoms with Crippen molar-refractivity contribution in [2.24, 2.45) is 4.99 Å². The molecule has 0 aliphatic rings. The molecule has 2 N–H and O–H groups in total. The monoisotopic (exact) mass is 425 g/mol. The summed E-state index contributed by atoms with van der Waals surface area (Å²) in [5.74, 6) is 0.917. The summed E-state index contributed by atoms with van der Waals surface area (Å²) in [6, 6.07) is 6.24. The molecular weight excluding hydrogens is 400 g/mol. The van der Waals surface area contributed by atoms with E-state index in [9.17, 15) is 4.39 Å². The van der Waals surface area contributed by atoms with Crippen LogP contribution in [0.4, 0.5) is 4.39 Å². The van der Waals surface area contributed by atoms with Gasteiger partial charge in [0, 0.05) is 25.8 Å². The van der Waals surface area contributed by atoms with E-state index in [1.165, 1.54) is 12.1 Å². The van der Waals surface area contributed by atoms with E-state index in [2.05, 4.69) is 15.6 Å². The first-order valence-corrected chi connectivity index (χ1v) is 7.07. The molecule has 7 heteroatoms. The molecule has 1 atom stereocenters. The summed E-state index contributed by atoms with van der Waals surface area (Å²) in [5.41, 5.74) is 0. The van der Waals surface area contributed by atoms with E-state index in [4.69, 9.17) is 9.47 Å². The second-order valence-corrected chi connectivity index (χ2v) is 4.57. The average Bonchev–Trinajstić information content (AvgIpc) is 2.44. The van der Waals surface area contributed by atoms with Crippen molar-refractivity contribution < 1.29 is 13.9 Å². The molecule has 0 saturated carbocycles. The number of nitrogens with one attached hydrogen (secondary N) is 2. The highest BCUT2D eigenvalue weighted by molar-refractivity contribution is 14.0. The minimum absolute atomic E-state index is 0. The largest absolute Gasteiger partial charge is 0.492 e. The Hall–Kier alpha value is -1.09. The Morgan fingerprint density at radius 1 is 1.41 bits per heavy atom. The molecule has 0 bridgehead atoms. The Kier molecular flexibility index (Phi) is 11.8. The number of halogens is 2. The van der Waals surface area contributed by atoms with E-state index in [-0.39, 0.29) is 35.8 Å². The van der Waals surface area contributed by atoms with E-state index < -0.39 is 0 Å². The fraction of sp³-hybridized carbons (Fsp3) is 0.533. The van der Waals surface area contributed by atoms with Crippen molar-refractivity contribution in [3.8, 4) is 5.75 Å². The summed E-state index contributed by atoms with van der Waals surface area (Å²) in [6.45, 7) is 6.26. The number of nitrogens with zero attached hydrogens (tertiary/aromatic N) is 1. The van der Waals surface area contributed by atoms with Crippen molar-refractivity contribution in [2.45, 2.75) is 19.9 Å². The number of ether oxygens (including phenoxy) is 2. The number of methoxy groups -OCH3 is 1. The van der Waals surface area contributed by atoms with Crippen LogP contribution < -0.4 is 15.4 Å². The van der Waals surface area contributed by atoms with Crippen LogP contribution in [0.15, 0.2) is 29.3 Å². The van der Waals surface area contributed by atoms with Crippen LogP contribution in [0.1, 0.15) is 13.8 Å². The van der Waals surface area contributed by atoms with Crippen molar-refractivity contribution in [2.75, 3.05) is 33.4 Å². The van der Waals surface area contributed by atoms with Gasteiger partial charge in [0.1, 0.15) is 18.2 Å². The molecule has 5 nitrogen and oxygen atoms in total. The van der Waals surface area contributed by atoms with Gasteiger partial charge in [0.2, 0.25) is 0 Å². The summed E-state index contributed by atoms with van der Waals surface area (Å²) in [5, 5.41) is 6.37. The fourth-order valence-electron chi connectivity index (χ4n) is 1.72. The van der Waals surface area contributed by atoms with Crippen molar-refractivity contribution in [3.63, 3.8) is 0 Å². The predicted molar refractivity (Wildman–Crippen MR) is 97.8 cm³/mol. The van der Waals surface area contributed by atoms with E-state index in [0.29, 0.717) is 31.5 Å². The van der Waals surface area contributed by atoms with Gasteiger partial charge in [-0.1, -0.05) is 6.07 Å². The van der Waals surface area contributed by atoms with Gasteiger partial charge in [-0.3, -0.25) is 0 Å². The van der Waals surface area contributed by atoms with Crippen LogP contribution in [0.25, 0.3) is 0 Å². The fourth-order valence-corrected chi connectivity index (χ4v) is 1.72. The smallest absolute Gasteiger partial charge is 0.191 e. The van der Waals surface area contributed by atoms with Crippen LogP contribution in [0.2, 0.25) is 0 Å². The molecule has 1 unspecified atom stereocenters. The molecule has 0 heterocycles. The Balaban J connectivity index is 0.00000441. The standard InChI is InChI=1S/C15H24FN3O2.HI/c1-4-17-15(19-12(2)11-20-3)18-8-9-21-14-7-5-6-13(16)10-14;/h5-7,10,12H,4,8-9,11H2,1-3H3,(H2,17,18,19);1H. The summed E-state index contributed by atoms with van der Waals surface area (Å²) >= 11 is 0. The topological polar surface area (TPSA) is 54.9 Å². The summed E-state index contributed by atoms with van der Waals surface area (Å²) in [7, 11) is 1.66. The zero-order valence-corrected chi connectivity index (χ0v) is 15.6. The lowest BCUT2D eigenvalue weighted by Crippen LogP contribution is -2.44. The first-order valence-electron chi connectivity index (χ1n) is 7.07. The zero-order chi connectivity index (χ0) is 15.5. The second-order valence-electron chi connectivity index (χ2n) is 4.57.